The van der Waals surface area contributed by atoms with E-state index in [1.165, 1.54) is 17.6 Å². The van der Waals surface area contributed by atoms with E-state index in [0.717, 1.165) is 42.7 Å². The van der Waals surface area contributed by atoms with E-state index in [0.29, 0.717) is 13.2 Å². The molecular formula is C17H22N2O3S. The van der Waals surface area contributed by atoms with Crippen molar-refractivity contribution in [2.75, 3.05) is 13.2 Å². The third kappa shape index (κ3) is 2.47. The van der Waals surface area contributed by atoms with E-state index in [1.54, 1.807) is 11.8 Å². The lowest BCUT2D eigenvalue weighted by Crippen LogP contribution is -2.46. The van der Waals surface area contributed by atoms with Crippen LogP contribution >= 0.6 is 11.8 Å². The van der Waals surface area contributed by atoms with E-state index < -0.39 is 0 Å². The van der Waals surface area contributed by atoms with Crippen molar-refractivity contribution < 1.29 is 14.3 Å². The summed E-state index contributed by atoms with van der Waals surface area (Å²) in [5, 5.41) is 4.61. The summed E-state index contributed by atoms with van der Waals surface area (Å²) in [5.74, 6) is 0.0819. The Morgan fingerprint density at radius 3 is 3.00 bits per heavy atom. The Balaban J connectivity index is 1.54. The fraction of sp³-hybridized carbons (Fsp3) is 0.647. The second-order valence-corrected chi connectivity index (χ2v) is 7.62. The molecule has 3 heterocycles. The molecule has 0 spiro atoms. The first-order valence-electron chi connectivity index (χ1n) is 8.53. The topological polar surface area (TPSA) is 58.6 Å². The van der Waals surface area contributed by atoms with Gasteiger partial charge in [-0.3, -0.25) is 4.79 Å². The molecule has 4 aliphatic rings. The number of amides is 1. The quantitative estimate of drug-likeness (QED) is 0.785. The van der Waals surface area contributed by atoms with Gasteiger partial charge in [-0.15, -0.1) is 0 Å². The summed E-state index contributed by atoms with van der Waals surface area (Å²) in [5.41, 5.74) is 3.66. The van der Waals surface area contributed by atoms with Gasteiger partial charge in [0, 0.05) is 12.1 Å². The number of nitrogens with one attached hydrogen (secondary N) is 1. The third-order valence-corrected chi connectivity index (χ3v) is 6.54. The zero-order valence-electron chi connectivity index (χ0n) is 13.4. The first-order chi connectivity index (χ1) is 11.2. The summed E-state index contributed by atoms with van der Waals surface area (Å²) in [6, 6.07) is -0.246. The van der Waals surface area contributed by atoms with E-state index in [4.69, 9.17) is 4.74 Å². The molecule has 0 saturated carbocycles. The van der Waals surface area contributed by atoms with Gasteiger partial charge in [0.05, 0.1) is 11.6 Å². The van der Waals surface area contributed by atoms with Gasteiger partial charge >= 0.3 is 5.97 Å². The van der Waals surface area contributed by atoms with Gasteiger partial charge in [-0.05, 0) is 56.6 Å². The number of nitrogens with zero attached hydrogens (tertiary/aromatic N) is 1. The number of carbonyl (C=O) groups excluding carboxylic acids is 2. The summed E-state index contributed by atoms with van der Waals surface area (Å²) < 4.78 is 5.14. The first kappa shape index (κ1) is 15.1. The van der Waals surface area contributed by atoms with E-state index in [1.807, 2.05) is 11.8 Å². The molecular weight excluding hydrogens is 312 g/mol. The Morgan fingerprint density at radius 2 is 2.17 bits per heavy atom. The maximum Gasteiger partial charge on any atom is 0.328 e. The summed E-state index contributed by atoms with van der Waals surface area (Å²) in [6.45, 7) is 2.96. The lowest BCUT2D eigenvalue weighted by Gasteiger charge is -2.38. The van der Waals surface area contributed by atoms with Gasteiger partial charge in [0.25, 0.3) is 5.91 Å². The van der Waals surface area contributed by atoms with Crippen molar-refractivity contribution in [2.24, 2.45) is 0 Å². The molecule has 0 bridgehead atoms. The van der Waals surface area contributed by atoms with Crippen LogP contribution in [0.15, 0.2) is 21.7 Å². The van der Waals surface area contributed by atoms with Crippen molar-refractivity contribution in [3.63, 3.8) is 0 Å². The number of hydrogen-bond donors (Lipinski definition) is 1. The normalized spacial score (nSPS) is 29.8. The zero-order valence-corrected chi connectivity index (χ0v) is 14.2. The van der Waals surface area contributed by atoms with Crippen LogP contribution in [0.4, 0.5) is 0 Å². The van der Waals surface area contributed by atoms with Crippen LogP contribution in [0.5, 0.6) is 0 Å². The van der Waals surface area contributed by atoms with Crippen molar-refractivity contribution >= 4 is 23.6 Å². The van der Waals surface area contributed by atoms with Crippen molar-refractivity contribution in [1.29, 1.82) is 0 Å². The minimum absolute atomic E-state index is 0.144. The van der Waals surface area contributed by atoms with Gasteiger partial charge < -0.3 is 15.0 Å². The molecule has 0 radical (unpaired) electrons. The average Bonchev–Trinajstić information content (AvgIpc) is 2.85. The van der Waals surface area contributed by atoms with Crippen LogP contribution in [-0.2, 0) is 14.3 Å². The number of esters is 1. The fourth-order valence-corrected chi connectivity index (χ4v) is 5.44. The zero-order chi connectivity index (χ0) is 16.0. The molecule has 2 atom stereocenters. The molecule has 0 aromatic rings. The fourth-order valence-electron chi connectivity index (χ4n) is 3.97. The molecule has 0 aromatic carbocycles. The molecule has 23 heavy (non-hydrogen) atoms. The van der Waals surface area contributed by atoms with E-state index in [9.17, 15) is 9.59 Å². The molecule has 124 valence electrons. The lowest BCUT2D eigenvalue weighted by molar-refractivity contribution is -0.145. The molecule has 1 amide bonds. The summed E-state index contributed by atoms with van der Waals surface area (Å²) >= 11 is 1.72. The van der Waals surface area contributed by atoms with E-state index in [2.05, 4.69) is 5.32 Å². The van der Waals surface area contributed by atoms with Crippen molar-refractivity contribution in [3.8, 4) is 0 Å². The minimum atomic E-state index is -0.246. The second-order valence-electron chi connectivity index (χ2n) is 6.53. The van der Waals surface area contributed by atoms with Gasteiger partial charge in [-0.1, -0.05) is 11.8 Å². The molecule has 1 aliphatic carbocycles. The molecule has 6 heteroatoms. The number of ether oxygens (including phenoxy) is 1. The third-order valence-electron chi connectivity index (χ3n) is 5.13. The SMILES string of the molecule is CCOC(=O)C1CCC2=C(N1)SC1C3=C(CCCC3)C(=O)N1C2. The molecule has 1 N–H and O–H groups in total. The van der Waals surface area contributed by atoms with Crippen molar-refractivity contribution in [3.05, 3.63) is 21.7 Å². The van der Waals surface area contributed by atoms with Gasteiger partial charge in [-0.2, -0.15) is 0 Å². The number of fused-ring (bicyclic) bond motifs is 2. The lowest BCUT2D eigenvalue weighted by atomic mass is 9.94. The molecule has 0 fully saturated rings. The number of thioether (sulfide) groups is 1. The molecule has 0 saturated heterocycles. The highest BCUT2D eigenvalue weighted by Gasteiger charge is 2.44. The van der Waals surface area contributed by atoms with Crippen LogP contribution in [0, 0.1) is 0 Å². The van der Waals surface area contributed by atoms with Gasteiger partial charge in [0.2, 0.25) is 0 Å². The van der Waals surface area contributed by atoms with Gasteiger partial charge in [-0.25, -0.2) is 4.79 Å². The van der Waals surface area contributed by atoms with Gasteiger partial charge in [0.15, 0.2) is 0 Å². The average molecular weight is 334 g/mol. The van der Waals surface area contributed by atoms with Crippen LogP contribution < -0.4 is 5.32 Å². The molecule has 5 nitrogen and oxygen atoms in total. The Bertz CT molecular complexity index is 625. The summed E-state index contributed by atoms with van der Waals surface area (Å²) in [6.07, 6.45) is 5.90. The van der Waals surface area contributed by atoms with Crippen LogP contribution in [0.3, 0.4) is 0 Å². The smallest absolute Gasteiger partial charge is 0.328 e. The Morgan fingerprint density at radius 1 is 1.35 bits per heavy atom. The monoisotopic (exact) mass is 334 g/mol. The molecule has 0 aromatic heterocycles. The van der Waals surface area contributed by atoms with Crippen LogP contribution in [0.25, 0.3) is 0 Å². The largest absolute Gasteiger partial charge is 0.464 e. The summed E-state index contributed by atoms with van der Waals surface area (Å²) in [4.78, 5) is 26.7. The Hall–Kier alpha value is -1.43. The standard InChI is InChI=1S/C17H22N2O3S/c1-2-22-17(21)13-8-7-10-9-19-15(20)11-5-3-4-6-12(11)16(19)23-14(10)18-13/h13,16,18H,2-9H2,1H3. The predicted octanol–water partition coefficient (Wildman–Crippen LogP) is 2.30. The van der Waals surface area contributed by atoms with E-state index in [-0.39, 0.29) is 23.3 Å². The number of hydrogen-bond acceptors (Lipinski definition) is 5. The second kappa shape index (κ2) is 5.89. The maximum atomic E-state index is 12.6. The van der Waals surface area contributed by atoms with Gasteiger partial charge in [0.1, 0.15) is 11.4 Å². The van der Waals surface area contributed by atoms with Crippen LogP contribution in [0.1, 0.15) is 45.4 Å². The van der Waals surface area contributed by atoms with Crippen molar-refractivity contribution in [2.45, 2.75) is 56.9 Å². The highest BCUT2D eigenvalue weighted by Crippen LogP contribution is 2.47. The maximum absolute atomic E-state index is 12.6. The summed E-state index contributed by atoms with van der Waals surface area (Å²) in [7, 11) is 0. The molecule has 4 rings (SSSR count). The Labute approximate surface area is 140 Å². The minimum Gasteiger partial charge on any atom is -0.464 e. The highest BCUT2D eigenvalue weighted by atomic mass is 32.2. The molecule has 2 unspecified atom stereocenters. The highest BCUT2D eigenvalue weighted by molar-refractivity contribution is 8.03. The van der Waals surface area contributed by atoms with Crippen LogP contribution in [0.2, 0.25) is 0 Å². The van der Waals surface area contributed by atoms with E-state index >= 15 is 0 Å². The van der Waals surface area contributed by atoms with Crippen molar-refractivity contribution in [1.82, 2.24) is 10.2 Å². The first-order valence-corrected chi connectivity index (χ1v) is 9.41. The Kier molecular flexibility index (Phi) is 3.87. The number of rotatable bonds is 2. The predicted molar refractivity (Wildman–Crippen MR) is 88.4 cm³/mol. The number of carbonyl (C=O) groups is 2. The van der Waals surface area contributed by atoms with Crippen LogP contribution in [-0.4, -0.2) is 41.3 Å². The molecule has 3 aliphatic heterocycles.